The molecule has 0 aliphatic carbocycles. The first kappa shape index (κ1) is 18.1. The average Bonchev–Trinajstić information content (AvgIpc) is 3.32. The molecule has 0 radical (unpaired) electrons. The third-order valence-corrected chi connectivity index (χ3v) is 5.06. The van der Waals surface area contributed by atoms with E-state index in [9.17, 15) is 4.79 Å². The molecule has 4 heterocycles. The Morgan fingerprint density at radius 2 is 2.11 bits per heavy atom. The van der Waals surface area contributed by atoms with Gasteiger partial charge >= 0.3 is 0 Å². The smallest absolute Gasteiger partial charge is 0.255 e. The standard InChI is InChI=1S/C19H23N7O2/c1-12(2)26-11-21-22-18(26)17-14-10-25(8-7-15(14)24(3)23-17)19(27)13-5-6-16(28-4)20-9-13/h5-6,9,11-12H,7-8,10H2,1-4H3. The van der Waals surface area contributed by atoms with E-state index in [1.807, 2.05) is 21.2 Å². The van der Waals surface area contributed by atoms with Crippen molar-refractivity contribution in [1.29, 1.82) is 0 Å². The second-order valence-electron chi connectivity index (χ2n) is 7.12. The predicted molar refractivity (Wildman–Crippen MR) is 102 cm³/mol. The number of ether oxygens (including phenoxy) is 1. The number of pyridine rings is 1. The first-order chi connectivity index (χ1) is 13.5. The Bertz CT molecular complexity index is 1000. The lowest BCUT2D eigenvalue weighted by Gasteiger charge is -2.27. The van der Waals surface area contributed by atoms with Crippen LogP contribution in [0.25, 0.3) is 11.5 Å². The van der Waals surface area contributed by atoms with Gasteiger partial charge in [-0.2, -0.15) is 5.10 Å². The van der Waals surface area contributed by atoms with Gasteiger partial charge in [-0.15, -0.1) is 10.2 Å². The molecule has 0 bridgehead atoms. The minimum atomic E-state index is -0.0547. The predicted octanol–water partition coefficient (Wildman–Crippen LogP) is 1.86. The van der Waals surface area contributed by atoms with Gasteiger partial charge in [0.15, 0.2) is 5.82 Å². The lowest BCUT2D eigenvalue weighted by molar-refractivity contribution is 0.0733. The van der Waals surface area contributed by atoms with Crippen molar-refractivity contribution >= 4 is 5.91 Å². The molecule has 1 aliphatic heterocycles. The minimum absolute atomic E-state index is 0.0547. The van der Waals surface area contributed by atoms with Crippen molar-refractivity contribution in [3.63, 3.8) is 0 Å². The van der Waals surface area contributed by atoms with Gasteiger partial charge in [-0.25, -0.2) is 4.98 Å². The van der Waals surface area contributed by atoms with E-state index in [0.29, 0.717) is 24.5 Å². The molecule has 1 aliphatic rings. The molecule has 4 rings (SSSR count). The number of aromatic nitrogens is 6. The first-order valence-corrected chi connectivity index (χ1v) is 9.23. The number of nitrogens with zero attached hydrogens (tertiary/aromatic N) is 7. The van der Waals surface area contributed by atoms with Gasteiger partial charge < -0.3 is 14.2 Å². The maximum atomic E-state index is 13.0. The molecule has 0 atom stereocenters. The number of rotatable bonds is 4. The van der Waals surface area contributed by atoms with E-state index in [4.69, 9.17) is 9.84 Å². The van der Waals surface area contributed by atoms with Crippen LogP contribution in [0.2, 0.25) is 0 Å². The summed E-state index contributed by atoms with van der Waals surface area (Å²) in [4.78, 5) is 18.9. The van der Waals surface area contributed by atoms with Crippen LogP contribution in [-0.4, -0.2) is 54.0 Å². The van der Waals surface area contributed by atoms with Crippen LogP contribution in [0, 0.1) is 0 Å². The fourth-order valence-electron chi connectivity index (χ4n) is 3.55. The SMILES string of the molecule is COc1ccc(C(=O)N2CCc3c(c(-c4nncn4C(C)C)nn3C)C2)cn1. The number of carbonyl (C=O) groups excluding carboxylic acids is 1. The number of hydrogen-bond donors (Lipinski definition) is 0. The second-order valence-corrected chi connectivity index (χ2v) is 7.12. The molecule has 0 saturated carbocycles. The Hall–Kier alpha value is -3.23. The molecule has 0 spiro atoms. The Kier molecular flexibility index (Phi) is 4.58. The molecule has 0 fully saturated rings. The van der Waals surface area contributed by atoms with Gasteiger partial charge in [0.2, 0.25) is 5.88 Å². The van der Waals surface area contributed by atoms with Crippen molar-refractivity contribution in [2.75, 3.05) is 13.7 Å². The quantitative estimate of drug-likeness (QED) is 0.685. The van der Waals surface area contributed by atoms with Crippen LogP contribution in [-0.2, 0) is 20.0 Å². The zero-order valence-electron chi connectivity index (χ0n) is 16.5. The zero-order chi connectivity index (χ0) is 19.8. The van der Waals surface area contributed by atoms with Crippen molar-refractivity contribution in [2.45, 2.75) is 32.9 Å². The van der Waals surface area contributed by atoms with Crippen LogP contribution < -0.4 is 4.74 Å². The fourth-order valence-corrected chi connectivity index (χ4v) is 3.55. The summed E-state index contributed by atoms with van der Waals surface area (Å²) in [5.41, 5.74) is 3.48. The fraction of sp³-hybridized carbons (Fsp3) is 0.421. The maximum Gasteiger partial charge on any atom is 0.255 e. The molecule has 0 unspecified atom stereocenters. The summed E-state index contributed by atoms with van der Waals surface area (Å²) in [5.74, 6) is 1.16. The molecular weight excluding hydrogens is 358 g/mol. The zero-order valence-corrected chi connectivity index (χ0v) is 16.5. The molecular formula is C19H23N7O2. The van der Waals surface area contributed by atoms with Crippen LogP contribution in [0.15, 0.2) is 24.7 Å². The third-order valence-electron chi connectivity index (χ3n) is 5.06. The van der Waals surface area contributed by atoms with Crippen LogP contribution in [0.5, 0.6) is 5.88 Å². The van der Waals surface area contributed by atoms with E-state index in [1.165, 1.54) is 0 Å². The topological polar surface area (TPSA) is 91.0 Å². The van der Waals surface area contributed by atoms with Crippen molar-refractivity contribution in [1.82, 2.24) is 34.4 Å². The molecule has 9 heteroatoms. The molecule has 28 heavy (non-hydrogen) atoms. The largest absolute Gasteiger partial charge is 0.481 e. The van der Waals surface area contributed by atoms with E-state index in [1.54, 1.807) is 31.8 Å². The van der Waals surface area contributed by atoms with Gasteiger partial charge in [-0.1, -0.05) is 0 Å². The summed E-state index contributed by atoms with van der Waals surface area (Å²) in [7, 11) is 3.49. The second kappa shape index (κ2) is 7.06. The highest BCUT2D eigenvalue weighted by Crippen LogP contribution is 2.30. The number of fused-ring (bicyclic) bond motifs is 1. The van der Waals surface area contributed by atoms with E-state index in [2.05, 4.69) is 29.0 Å². The van der Waals surface area contributed by atoms with Crippen LogP contribution in [0.1, 0.15) is 41.5 Å². The summed E-state index contributed by atoms with van der Waals surface area (Å²) in [6.45, 7) is 5.27. The summed E-state index contributed by atoms with van der Waals surface area (Å²) in [6.07, 6.45) is 4.01. The number of aryl methyl sites for hydroxylation is 1. The Morgan fingerprint density at radius 1 is 1.29 bits per heavy atom. The van der Waals surface area contributed by atoms with Crippen molar-refractivity contribution < 1.29 is 9.53 Å². The minimum Gasteiger partial charge on any atom is -0.481 e. The maximum absolute atomic E-state index is 13.0. The van der Waals surface area contributed by atoms with Crippen LogP contribution >= 0.6 is 0 Å². The van der Waals surface area contributed by atoms with Gasteiger partial charge in [0.1, 0.15) is 12.0 Å². The highest BCUT2D eigenvalue weighted by atomic mass is 16.5. The van der Waals surface area contributed by atoms with Gasteiger partial charge in [0.25, 0.3) is 5.91 Å². The highest BCUT2D eigenvalue weighted by molar-refractivity contribution is 5.94. The van der Waals surface area contributed by atoms with E-state index in [-0.39, 0.29) is 11.9 Å². The number of amides is 1. The van der Waals surface area contributed by atoms with Crippen LogP contribution in [0.4, 0.5) is 0 Å². The van der Waals surface area contributed by atoms with Gasteiger partial charge in [-0.05, 0) is 19.9 Å². The molecule has 146 valence electrons. The summed E-state index contributed by atoms with van der Waals surface area (Å²) >= 11 is 0. The Morgan fingerprint density at radius 3 is 2.79 bits per heavy atom. The summed E-state index contributed by atoms with van der Waals surface area (Å²) in [5, 5.41) is 13.0. The molecule has 3 aromatic heterocycles. The van der Waals surface area contributed by atoms with Crippen molar-refractivity contribution in [3.05, 3.63) is 41.5 Å². The summed E-state index contributed by atoms with van der Waals surface area (Å²) < 4.78 is 8.96. The number of methoxy groups -OCH3 is 1. The molecule has 3 aromatic rings. The highest BCUT2D eigenvalue weighted by Gasteiger charge is 2.29. The van der Waals surface area contributed by atoms with E-state index in [0.717, 1.165) is 29.2 Å². The lowest BCUT2D eigenvalue weighted by atomic mass is 10.0. The molecule has 0 saturated heterocycles. The first-order valence-electron chi connectivity index (χ1n) is 9.23. The third kappa shape index (κ3) is 3.02. The average molecular weight is 381 g/mol. The number of carbonyl (C=O) groups is 1. The van der Waals surface area contributed by atoms with Crippen molar-refractivity contribution in [2.24, 2.45) is 7.05 Å². The molecule has 1 amide bonds. The van der Waals surface area contributed by atoms with Gasteiger partial charge in [-0.3, -0.25) is 9.48 Å². The van der Waals surface area contributed by atoms with Crippen molar-refractivity contribution in [3.8, 4) is 17.4 Å². The number of hydrogen-bond acceptors (Lipinski definition) is 6. The molecule has 0 aromatic carbocycles. The molecule has 9 nitrogen and oxygen atoms in total. The monoisotopic (exact) mass is 381 g/mol. The Labute approximate surface area is 163 Å². The van der Waals surface area contributed by atoms with E-state index < -0.39 is 0 Å². The van der Waals surface area contributed by atoms with E-state index >= 15 is 0 Å². The summed E-state index contributed by atoms with van der Waals surface area (Å²) in [6, 6.07) is 3.65. The molecule has 0 N–H and O–H groups in total. The normalized spacial score (nSPS) is 13.7. The Balaban J connectivity index is 1.66. The lowest BCUT2D eigenvalue weighted by Crippen LogP contribution is -2.36. The van der Waals surface area contributed by atoms with Gasteiger partial charge in [0.05, 0.1) is 19.2 Å². The van der Waals surface area contributed by atoms with Crippen LogP contribution in [0.3, 0.4) is 0 Å². The van der Waals surface area contributed by atoms with Gasteiger partial charge in [0, 0.05) is 49.6 Å².